The number of hydrogen-bond acceptors (Lipinski definition) is 4. The zero-order valence-electron chi connectivity index (χ0n) is 11.1. The molecule has 5 nitrogen and oxygen atoms in total. The normalized spacial score (nSPS) is 9.71. The molecule has 0 saturated heterocycles. The number of nitrogens with zero attached hydrogens (tertiary/aromatic N) is 2. The third-order valence-electron chi connectivity index (χ3n) is 2.74. The molecule has 1 heterocycles. The van der Waals surface area contributed by atoms with E-state index in [0.717, 1.165) is 4.47 Å². The lowest BCUT2D eigenvalue weighted by molar-refractivity contribution is 0.0955. The number of amides is 1. The van der Waals surface area contributed by atoms with E-state index >= 15 is 0 Å². The van der Waals surface area contributed by atoms with Gasteiger partial charge < -0.3 is 10.6 Å². The van der Waals surface area contributed by atoms with Gasteiger partial charge in [0.25, 0.3) is 5.91 Å². The first-order valence-electron chi connectivity index (χ1n) is 6.33. The van der Waals surface area contributed by atoms with Gasteiger partial charge in [-0.2, -0.15) is 5.26 Å². The molecule has 2 aromatic rings. The van der Waals surface area contributed by atoms with Gasteiger partial charge in [-0.25, -0.2) is 4.98 Å². The van der Waals surface area contributed by atoms with Crippen molar-refractivity contribution < 1.29 is 4.79 Å². The minimum atomic E-state index is -0.133. The summed E-state index contributed by atoms with van der Waals surface area (Å²) in [6.45, 7) is 0.935. The van der Waals surface area contributed by atoms with E-state index in [2.05, 4.69) is 37.6 Å². The monoisotopic (exact) mass is 344 g/mol. The molecule has 0 aliphatic rings. The van der Waals surface area contributed by atoms with Gasteiger partial charge in [0.1, 0.15) is 11.9 Å². The molecule has 2 N–H and O–H groups in total. The number of halogens is 1. The number of rotatable bonds is 5. The van der Waals surface area contributed by atoms with Crippen molar-refractivity contribution >= 4 is 27.7 Å². The molecule has 2 rings (SSSR count). The second-order valence-electron chi connectivity index (χ2n) is 4.20. The fourth-order valence-electron chi connectivity index (χ4n) is 1.70. The van der Waals surface area contributed by atoms with Crippen molar-refractivity contribution in [3.8, 4) is 6.07 Å². The van der Waals surface area contributed by atoms with E-state index < -0.39 is 0 Å². The maximum Gasteiger partial charge on any atom is 0.251 e. The van der Waals surface area contributed by atoms with Gasteiger partial charge >= 0.3 is 0 Å². The smallest absolute Gasteiger partial charge is 0.251 e. The van der Waals surface area contributed by atoms with Crippen molar-refractivity contribution in [2.75, 3.05) is 18.4 Å². The highest BCUT2D eigenvalue weighted by Crippen LogP contribution is 2.10. The Bertz CT molecular complexity index is 664. The van der Waals surface area contributed by atoms with Gasteiger partial charge in [-0.15, -0.1) is 0 Å². The van der Waals surface area contributed by atoms with Crippen LogP contribution >= 0.6 is 15.9 Å². The summed E-state index contributed by atoms with van der Waals surface area (Å²) >= 11 is 3.32. The van der Waals surface area contributed by atoms with Gasteiger partial charge in [-0.1, -0.05) is 15.9 Å². The summed E-state index contributed by atoms with van der Waals surface area (Å²) in [5.74, 6) is 0.392. The molecule has 21 heavy (non-hydrogen) atoms. The molecule has 0 saturated carbocycles. The van der Waals surface area contributed by atoms with E-state index in [-0.39, 0.29) is 5.91 Å². The maximum absolute atomic E-state index is 11.9. The number of benzene rings is 1. The van der Waals surface area contributed by atoms with Crippen LogP contribution in [-0.4, -0.2) is 24.0 Å². The topological polar surface area (TPSA) is 77.8 Å². The fourth-order valence-corrected chi connectivity index (χ4v) is 1.96. The van der Waals surface area contributed by atoms with E-state index in [1.54, 1.807) is 30.5 Å². The molecule has 0 unspecified atom stereocenters. The lowest BCUT2D eigenvalue weighted by Crippen LogP contribution is -2.29. The van der Waals surface area contributed by atoms with Crippen LogP contribution in [0.5, 0.6) is 0 Å². The zero-order chi connectivity index (χ0) is 15.1. The molecular formula is C15H13BrN4O. The first-order chi connectivity index (χ1) is 10.2. The Morgan fingerprint density at radius 3 is 2.71 bits per heavy atom. The van der Waals surface area contributed by atoms with E-state index in [9.17, 15) is 4.79 Å². The number of pyridine rings is 1. The molecule has 6 heteroatoms. The van der Waals surface area contributed by atoms with E-state index in [1.807, 2.05) is 12.1 Å². The van der Waals surface area contributed by atoms with Crippen molar-refractivity contribution in [2.45, 2.75) is 0 Å². The SMILES string of the molecule is N#Cc1cccnc1NCCNC(=O)c1ccc(Br)cc1. The molecule has 0 aliphatic heterocycles. The Morgan fingerprint density at radius 1 is 1.24 bits per heavy atom. The van der Waals surface area contributed by atoms with Crippen molar-refractivity contribution in [3.05, 3.63) is 58.2 Å². The number of carbonyl (C=O) groups is 1. The summed E-state index contributed by atoms with van der Waals surface area (Å²) in [5, 5.41) is 14.8. The largest absolute Gasteiger partial charge is 0.367 e. The van der Waals surface area contributed by atoms with Crippen LogP contribution < -0.4 is 10.6 Å². The molecule has 1 aromatic heterocycles. The fraction of sp³-hybridized carbons (Fsp3) is 0.133. The molecule has 0 radical (unpaired) electrons. The van der Waals surface area contributed by atoms with Gasteiger partial charge in [0.15, 0.2) is 0 Å². The van der Waals surface area contributed by atoms with Crippen molar-refractivity contribution in [1.29, 1.82) is 5.26 Å². The first kappa shape index (κ1) is 15.0. The van der Waals surface area contributed by atoms with Crippen LogP contribution in [0.4, 0.5) is 5.82 Å². The highest BCUT2D eigenvalue weighted by Gasteiger charge is 2.05. The Labute approximate surface area is 131 Å². The number of nitrogens with one attached hydrogen (secondary N) is 2. The van der Waals surface area contributed by atoms with Crippen molar-refractivity contribution in [1.82, 2.24) is 10.3 Å². The summed E-state index contributed by atoms with van der Waals surface area (Å²) in [7, 11) is 0. The van der Waals surface area contributed by atoms with Gasteiger partial charge in [-0.3, -0.25) is 4.79 Å². The van der Waals surface area contributed by atoms with E-state index in [1.165, 1.54) is 0 Å². The van der Waals surface area contributed by atoms with Crippen LogP contribution in [0.2, 0.25) is 0 Å². The Morgan fingerprint density at radius 2 is 2.00 bits per heavy atom. The average Bonchev–Trinajstić information content (AvgIpc) is 2.52. The number of aromatic nitrogens is 1. The second kappa shape index (κ2) is 7.41. The minimum Gasteiger partial charge on any atom is -0.367 e. The molecule has 0 bridgehead atoms. The highest BCUT2D eigenvalue weighted by atomic mass is 79.9. The van der Waals surface area contributed by atoms with Crippen LogP contribution in [0.1, 0.15) is 15.9 Å². The number of carbonyl (C=O) groups excluding carboxylic acids is 1. The third kappa shape index (κ3) is 4.29. The van der Waals surface area contributed by atoms with Crippen LogP contribution in [0.25, 0.3) is 0 Å². The molecule has 1 amide bonds. The number of anilines is 1. The predicted molar refractivity (Wildman–Crippen MR) is 83.9 cm³/mol. The van der Waals surface area contributed by atoms with Crippen LogP contribution in [0, 0.1) is 11.3 Å². The van der Waals surface area contributed by atoms with Gasteiger partial charge in [0, 0.05) is 29.3 Å². The quantitative estimate of drug-likeness (QED) is 0.817. The van der Waals surface area contributed by atoms with Gasteiger partial charge in [0.05, 0.1) is 5.56 Å². The molecule has 106 valence electrons. The lowest BCUT2D eigenvalue weighted by Gasteiger charge is -2.08. The van der Waals surface area contributed by atoms with Crippen LogP contribution in [0.3, 0.4) is 0 Å². The molecule has 0 aliphatic carbocycles. The lowest BCUT2D eigenvalue weighted by atomic mass is 10.2. The van der Waals surface area contributed by atoms with Crippen molar-refractivity contribution in [2.24, 2.45) is 0 Å². The summed E-state index contributed by atoms with van der Waals surface area (Å²) in [5.41, 5.74) is 1.09. The molecule has 1 aromatic carbocycles. The van der Waals surface area contributed by atoms with Gasteiger partial charge in [-0.05, 0) is 36.4 Å². The molecule has 0 fully saturated rings. The second-order valence-corrected chi connectivity index (χ2v) is 5.12. The molecule has 0 spiro atoms. The van der Waals surface area contributed by atoms with Crippen LogP contribution in [0.15, 0.2) is 47.1 Å². The summed E-state index contributed by atoms with van der Waals surface area (Å²) < 4.78 is 0.930. The predicted octanol–water partition coefficient (Wildman–Crippen LogP) is 2.56. The van der Waals surface area contributed by atoms with E-state index in [0.29, 0.717) is 30.0 Å². The van der Waals surface area contributed by atoms with Crippen LogP contribution in [-0.2, 0) is 0 Å². The first-order valence-corrected chi connectivity index (χ1v) is 7.13. The zero-order valence-corrected chi connectivity index (χ0v) is 12.7. The molecular weight excluding hydrogens is 332 g/mol. The Hall–Kier alpha value is -2.39. The standard InChI is InChI=1S/C15H13BrN4O/c16-13-5-3-11(4-6-13)15(21)20-9-8-19-14-12(10-17)2-1-7-18-14/h1-7H,8-9H2,(H,18,19)(H,20,21). The third-order valence-corrected chi connectivity index (χ3v) is 3.27. The van der Waals surface area contributed by atoms with Gasteiger partial charge in [0.2, 0.25) is 0 Å². The van der Waals surface area contributed by atoms with Crippen molar-refractivity contribution in [3.63, 3.8) is 0 Å². The minimum absolute atomic E-state index is 0.133. The maximum atomic E-state index is 11.9. The summed E-state index contributed by atoms with van der Waals surface area (Å²) in [6, 6.07) is 12.6. The number of hydrogen-bond donors (Lipinski definition) is 2. The number of nitriles is 1. The van der Waals surface area contributed by atoms with E-state index in [4.69, 9.17) is 5.26 Å². The summed E-state index contributed by atoms with van der Waals surface area (Å²) in [6.07, 6.45) is 1.61. The Balaban J connectivity index is 1.81. The Kier molecular flexibility index (Phi) is 5.29. The molecule has 0 atom stereocenters. The average molecular weight is 345 g/mol. The summed E-state index contributed by atoms with van der Waals surface area (Å²) in [4.78, 5) is 16.0. The highest BCUT2D eigenvalue weighted by molar-refractivity contribution is 9.10.